The van der Waals surface area contributed by atoms with Crippen LogP contribution in [0.25, 0.3) is 0 Å². The summed E-state index contributed by atoms with van der Waals surface area (Å²) in [5.74, 6) is -0.146. The molecule has 0 aliphatic heterocycles. The number of hydrogen-bond donors (Lipinski definition) is 1. The predicted molar refractivity (Wildman–Crippen MR) is 75.5 cm³/mol. The largest absolute Gasteiger partial charge is 0.310 e. The van der Waals surface area contributed by atoms with Crippen LogP contribution < -0.4 is 5.32 Å². The van der Waals surface area contributed by atoms with E-state index in [1.54, 1.807) is 12.3 Å². The number of rotatable bonds is 5. The average Bonchev–Trinajstić information content (AvgIpc) is 2.41. The molecule has 0 aliphatic rings. The highest BCUT2D eigenvalue weighted by Crippen LogP contribution is 2.21. The maximum absolute atomic E-state index is 13.8. The molecule has 0 saturated heterocycles. The van der Waals surface area contributed by atoms with E-state index in [0.29, 0.717) is 6.42 Å². The van der Waals surface area contributed by atoms with Gasteiger partial charge < -0.3 is 5.32 Å². The quantitative estimate of drug-likeness (QED) is 0.888. The summed E-state index contributed by atoms with van der Waals surface area (Å²) in [5, 5.41) is 3.41. The third-order valence-electron chi connectivity index (χ3n) is 3.26. The fourth-order valence-corrected chi connectivity index (χ4v) is 2.29. The zero-order valence-electron chi connectivity index (χ0n) is 11.4. The molecule has 0 aliphatic carbocycles. The zero-order valence-corrected chi connectivity index (χ0v) is 11.4. The van der Waals surface area contributed by atoms with E-state index in [-0.39, 0.29) is 11.9 Å². The van der Waals surface area contributed by atoms with Gasteiger partial charge in [0, 0.05) is 17.9 Å². The first-order chi connectivity index (χ1) is 9.22. The van der Waals surface area contributed by atoms with Crippen molar-refractivity contribution in [2.45, 2.75) is 26.3 Å². The van der Waals surface area contributed by atoms with Gasteiger partial charge in [-0.2, -0.15) is 0 Å². The van der Waals surface area contributed by atoms with Crippen LogP contribution in [0.4, 0.5) is 4.39 Å². The van der Waals surface area contributed by atoms with Crippen molar-refractivity contribution in [1.82, 2.24) is 10.3 Å². The Balaban J connectivity index is 2.27. The molecule has 0 bridgehead atoms. The topological polar surface area (TPSA) is 24.9 Å². The van der Waals surface area contributed by atoms with Crippen LogP contribution in [0.2, 0.25) is 0 Å². The molecule has 100 valence electrons. The van der Waals surface area contributed by atoms with Gasteiger partial charge in [-0.25, -0.2) is 4.39 Å². The van der Waals surface area contributed by atoms with Crippen molar-refractivity contribution in [3.05, 3.63) is 65.2 Å². The molecule has 2 rings (SSSR count). The Morgan fingerprint density at radius 1 is 1.21 bits per heavy atom. The van der Waals surface area contributed by atoms with Crippen LogP contribution in [-0.4, -0.2) is 11.5 Å². The van der Waals surface area contributed by atoms with Crippen molar-refractivity contribution in [2.75, 3.05) is 6.54 Å². The zero-order chi connectivity index (χ0) is 13.7. The van der Waals surface area contributed by atoms with Gasteiger partial charge in [-0.05, 0) is 43.1 Å². The lowest BCUT2D eigenvalue weighted by molar-refractivity contribution is 0.524. The fourth-order valence-electron chi connectivity index (χ4n) is 2.29. The van der Waals surface area contributed by atoms with Crippen LogP contribution in [0.1, 0.15) is 29.8 Å². The second kappa shape index (κ2) is 6.43. The molecule has 0 spiro atoms. The summed E-state index contributed by atoms with van der Waals surface area (Å²) in [7, 11) is 0. The molecule has 1 N–H and O–H groups in total. The molecule has 19 heavy (non-hydrogen) atoms. The van der Waals surface area contributed by atoms with Gasteiger partial charge in [0.25, 0.3) is 0 Å². The number of hydrogen-bond acceptors (Lipinski definition) is 2. The van der Waals surface area contributed by atoms with Crippen molar-refractivity contribution in [3.63, 3.8) is 0 Å². The lowest BCUT2D eigenvalue weighted by atomic mass is 9.97. The Bertz CT molecular complexity index is 540. The molecule has 2 aromatic rings. The Hall–Kier alpha value is -1.74. The van der Waals surface area contributed by atoms with Crippen molar-refractivity contribution < 1.29 is 4.39 Å². The van der Waals surface area contributed by atoms with E-state index < -0.39 is 0 Å². The van der Waals surface area contributed by atoms with Gasteiger partial charge in [-0.3, -0.25) is 4.98 Å². The average molecular weight is 258 g/mol. The van der Waals surface area contributed by atoms with Gasteiger partial charge in [0.15, 0.2) is 0 Å². The predicted octanol–water partition coefficient (Wildman–Crippen LogP) is 3.42. The number of nitrogens with one attached hydrogen (secondary N) is 1. The number of aryl methyl sites for hydroxylation is 1. The number of pyridine rings is 1. The summed E-state index contributed by atoms with van der Waals surface area (Å²) in [4.78, 5) is 4.31. The Labute approximate surface area is 113 Å². The van der Waals surface area contributed by atoms with Crippen LogP contribution in [0, 0.1) is 12.7 Å². The number of nitrogens with zero attached hydrogens (tertiary/aromatic N) is 1. The maximum Gasteiger partial charge on any atom is 0.126 e. The Morgan fingerprint density at radius 3 is 2.68 bits per heavy atom. The second-order valence-electron chi connectivity index (χ2n) is 4.58. The molecular formula is C16H19FN2. The number of benzene rings is 1. The van der Waals surface area contributed by atoms with Crippen LogP contribution in [0.3, 0.4) is 0 Å². The minimum atomic E-state index is -0.146. The number of aromatic nitrogens is 1. The number of halogens is 1. The number of likely N-dealkylation sites (N-methyl/N-ethyl adjacent to an activating group) is 1. The van der Waals surface area contributed by atoms with Crippen molar-refractivity contribution in [3.8, 4) is 0 Å². The first kappa shape index (κ1) is 13.7. The highest BCUT2D eigenvalue weighted by molar-refractivity contribution is 5.26. The first-order valence-corrected chi connectivity index (χ1v) is 6.60. The van der Waals surface area contributed by atoms with Crippen LogP contribution in [-0.2, 0) is 6.42 Å². The minimum absolute atomic E-state index is 0.0931. The van der Waals surface area contributed by atoms with E-state index in [0.717, 1.165) is 23.4 Å². The molecular weight excluding hydrogens is 239 g/mol. The maximum atomic E-state index is 13.8. The minimum Gasteiger partial charge on any atom is -0.310 e. The lowest BCUT2D eigenvalue weighted by Crippen LogP contribution is -2.24. The second-order valence-corrected chi connectivity index (χ2v) is 4.58. The fraction of sp³-hybridized carbons (Fsp3) is 0.312. The molecule has 1 aromatic carbocycles. The lowest BCUT2D eigenvalue weighted by Gasteiger charge is -2.20. The van der Waals surface area contributed by atoms with Gasteiger partial charge in [0.1, 0.15) is 5.82 Å². The summed E-state index contributed by atoms with van der Waals surface area (Å²) >= 11 is 0. The summed E-state index contributed by atoms with van der Waals surface area (Å²) in [6.07, 6.45) is 2.41. The molecule has 0 saturated carbocycles. The van der Waals surface area contributed by atoms with Crippen LogP contribution >= 0.6 is 0 Å². The molecule has 1 unspecified atom stereocenters. The molecule has 0 radical (unpaired) electrons. The van der Waals surface area contributed by atoms with Gasteiger partial charge in [-0.15, -0.1) is 0 Å². The molecule has 1 atom stereocenters. The molecule has 2 nitrogen and oxygen atoms in total. The van der Waals surface area contributed by atoms with E-state index in [1.807, 2.05) is 25.1 Å². The monoisotopic (exact) mass is 258 g/mol. The summed E-state index contributed by atoms with van der Waals surface area (Å²) in [6, 6.07) is 11.0. The van der Waals surface area contributed by atoms with E-state index in [1.165, 1.54) is 6.07 Å². The highest BCUT2D eigenvalue weighted by Gasteiger charge is 2.15. The summed E-state index contributed by atoms with van der Waals surface area (Å²) < 4.78 is 13.8. The Kier molecular flexibility index (Phi) is 4.63. The van der Waals surface area contributed by atoms with Crippen molar-refractivity contribution >= 4 is 0 Å². The van der Waals surface area contributed by atoms with Gasteiger partial charge >= 0.3 is 0 Å². The normalized spacial score (nSPS) is 12.4. The van der Waals surface area contributed by atoms with Gasteiger partial charge in [0.2, 0.25) is 0 Å². The smallest absolute Gasteiger partial charge is 0.126 e. The van der Waals surface area contributed by atoms with Crippen LogP contribution in [0.15, 0.2) is 42.6 Å². The van der Waals surface area contributed by atoms with E-state index >= 15 is 0 Å². The van der Waals surface area contributed by atoms with Gasteiger partial charge in [0.05, 0.1) is 0 Å². The standard InChI is InChI=1S/C16H19FN2/c1-3-18-16(14-8-6-10-19-12(14)2)11-13-7-4-5-9-15(13)17/h4-10,16,18H,3,11H2,1-2H3. The summed E-state index contributed by atoms with van der Waals surface area (Å²) in [6.45, 7) is 4.88. The highest BCUT2D eigenvalue weighted by atomic mass is 19.1. The molecule has 0 amide bonds. The van der Waals surface area contributed by atoms with Crippen molar-refractivity contribution in [2.24, 2.45) is 0 Å². The van der Waals surface area contributed by atoms with E-state index in [2.05, 4.69) is 23.3 Å². The van der Waals surface area contributed by atoms with E-state index in [4.69, 9.17) is 0 Å². The van der Waals surface area contributed by atoms with Crippen LogP contribution in [0.5, 0.6) is 0 Å². The SMILES string of the molecule is CCNC(Cc1ccccc1F)c1cccnc1C. The molecule has 3 heteroatoms. The molecule has 1 aromatic heterocycles. The van der Waals surface area contributed by atoms with Gasteiger partial charge in [-0.1, -0.05) is 31.2 Å². The third-order valence-corrected chi connectivity index (χ3v) is 3.26. The molecule has 0 fully saturated rings. The van der Waals surface area contributed by atoms with Crippen molar-refractivity contribution in [1.29, 1.82) is 0 Å². The molecule has 1 heterocycles. The Morgan fingerprint density at radius 2 is 2.00 bits per heavy atom. The third kappa shape index (κ3) is 3.38. The summed E-state index contributed by atoms with van der Waals surface area (Å²) in [5.41, 5.74) is 2.86. The van der Waals surface area contributed by atoms with E-state index in [9.17, 15) is 4.39 Å². The first-order valence-electron chi connectivity index (χ1n) is 6.60.